The van der Waals surface area contributed by atoms with Crippen molar-refractivity contribution in [2.24, 2.45) is 0 Å². The highest BCUT2D eigenvalue weighted by Gasteiger charge is 2.22. The fourth-order valence-electron chi connectivity index (χ4n) is 2.91. The van der Waals surface area contributed by atoms with Gasteiger partial charge in [-0.05, 0) is 43.0 Å². The Labute approximate surface area is 139 Å². The van der Waals surface area contributed by atoms with Crippen molar-refractivity contribution in [3.63, 3.8) is 0 Å². The van der Waals surface area contributed by atoms with Gasteiger partial charge < -0.3 is 4.74 Å². The second kappa shape index (κ2) is 7.22. The van der Waals surface area contributed by atoms with Crippen molar-refractivity contribution in [2.45, 2.75) is 31.8 Å². The molecule has 1 heterocycles. The van der Waals surface area contributed by atoms with E-state index in [1.165, 1.54) is 12.1 Å². The third kappa shape index (κ3) is 3.70. The third-order valence-corrected chi connectivity index (χ3v) is 4.45. The van der Waals surface area contributed by atoms with Crippen LogP contribution >= 0.6 is 0 Å². The Balaban J connectivity index is 1.61. The highest BCUT2D eigenvalue weighted by molar-refractivity contribution is 5.50. The molecule has 126 valence electrons. The predicted octanol–water partition coefficient (Wildman–Crippen LogP) is 5.39. The Kier molecular flexibility index (Phi) is 5.05. The minimum absolute atomic E-state index is 0.140. The summed E-state index contributed by atoms with van der Waals surface area (Å²) in [5.74, 6) is -1.74. The molecule has 3 rings (SSSR count). The fraction of sp³-hybridized carbons (Fsp3) is 0.300. The van der Waals surface area contributed by atoms with E-state index in [1.807, 2.05) is 6.07 Å². The van der Waals surface area contributed by atoms with Gasteiger partial charge in [-0.1, -0.05) is 36.4 Å². The maximum Gasteiger partial charge on any atom is 0.166 e. The van der Waals surface area contributed by atoms with Crippen LogP contribution in [0.25, 0.3) is 6.08 Å². The van der Waals surface area contributed by atoms with Crippen LogP contribution in [-0.2, 0) is 4.74 Å². The molecule has 2 unspecified atom stereocenters. The van der Waals surface area contributed by atoms with Crippen LogP contribution in [0, 0.1) is 24.4 Å². The Morgan fingerprint density at radius 2 is 1.88 bits per heavy atom. The van der Waals surface area contributed by atoms with Gasteiger partial charge in [0.2, 0.25) is 0 Å². The highest BCUT2D eigenvalue weighted by atomic mass is 19.2. The molecule has 1 aliphatic heterocycles. The summed E-state index contributed by atoms with van der Waals surface area (Å²) in [5, 5.41) is 0. The molecule has 1 nitrogen and oxygen atoms in total. The van der Waals surface area contributed by atoms with Gasteiger partial charge in [-0.25, -0.2) is 13.2 Å². The summed E-state index contributed by atoms with van der Waals surface area (Å²) in [4.78, 5) is 0. The van der Waals surface area contributed by atoms with Crippen LogP contribution in [0.1, 0.15) is 35.4 Å². The maximum atomic E-state index is 13.7. The van der Waals surface area contributed by atoms with Crippen molar-refractivity contribution in [1.82, 2.24) is 0 Å². The van der Waals surface area contributed by atoms with E-state index < -0.39 is 11.6 Å². The van der Waals surface area contributed by atoms with E-state index in [0.717, 1.165) is 24.5 Å². The second-order valence-electron chi connectivity index (χ2n) is 6.16. The Morgan fingerprint density at radius 3 is 2.58 bits per heavy atom. The number of hydrogen-bond donors (Lipinski definition) is 0. The molecular weight excluding hydrogens is 313 g/mol. The largest absolute Gasteiger partial charge is 0.374 e. The minimum Gasteiger partial charge on any atom is -0.374 e. The number of benzene rings is 2. The van der Waals surface area contributed by atoms with Gasteiger partial charge in [0.05, 0.1) is 12.7 Å². The summed E-state index contributed by atoms with van der Waals surface area (Å²) in [7, 11) is 0. The Hall–Kier alpha value is -2.07. The van der Waals surface area contributed by atoms with Crippen molar-refractivity contribution in [3.8, 4) is 0 Å². The van der Waals surface area contributed by atoms with Crippen molar-refractivity contribution in [3.05, 3.63) is 76.6 Å². The SMILES string of the molecule is Cc1ccc(C2CCC(/C=C/c3cccc(F)c3F)OC2)cc1F. The van der Waals surface area contributed by atoms with Gasteiger partial charge in [-0.3, -0.25) is 0 Å². The molecule has 2 aromatic carbocycles. The molecule has 0 radical (unpaired) electrons. The molecule has 1 fully saturated rings. The first kappa shape index (κ1) is 16.8. The zero-order valence-corrected chi connectivity index (χ0v) is 13.4. The smallest absolute Gasteiger partial charge is 0.166 e. The molecule has 1 saturated heterocycles. The van der Waals surface area contributed by atoms with E-state index in [2.05, 4.69) is 0 Å². The lowest BCUT2D eigenvalue weighted by atomic mass is 9.90. The first-order valence-electron chi connectivity index (χ1n) is 8.04. The zero-order chi connectivity index (χ0) is 17.1. The van der Waals surface area contributed by atoms with E-state index in [0.29, 0.717) is 12.2 Å². The van der Waals surface area contributed by atoms with Gasteiger partial charge in [0.15, 0.2) is 11.6 Å². The van der Waals surface area contributed by atoms with Crippen LogP contribution in [-0.4, -0.2) is 12.7 Å². The van der Waals surface area contributed by atoms with E-state index in [-0.39, 0.29) is 23.4 Å². The summed E-state index contributed by atoms with van der Waals surface area (Å²) in [6, 6.07) is 9.38. The maximum absolute atomic E-state index is 13.7. The summed E-state index contributed by atoms with van der Waals surface area (Å²) in [6.07, 6.45) is 4.79. The minimum atomic E-state index is -0.858. The van der Waals surface area contributed by atoms with Crippen molar-refractivity contribution in [1.29, 1.82) is 0 Å². The molecule has 4 heteroatoms. The van der Waals surface area contributed by atoms with Crippen LogP contribution in [0.4, 0.5) is 13.2 Å². The highest BCUT2D eigenvalue weighted by Crippen LogP contribution is 2.30. The van der Waals surface area contributed by atoms with Crippen LogP contribution in [0.2, 0.25) is 0 Å². The first-order valence-corrected chi connectivity index (χ1v) is 8.04. The van der Waals surface area contributed by atoms with Gasteiger partial charge in [-0.15, -0.1) is 0 Å². The topological polar surface area (TPSA) is 9.23 Å². The van der Waals surface area contributed by atoms with E-state index in [9.17, 15) is 13.2 Å². The molecule has 2 aromatic rings. The molecule has 0 N–H and O–H groups in total. The quantitative estimate of drug-likeness (QED) is 0.732. The predicted molar refractivity (Wildman–Crippen MR) is 88.2 cm³/mol. The van der Waals surface area contributed by atoms with Gasteiger partial charge in [0.25, 0.3) is 0 Å². The number of ether oxygens (including phenoxy) is 1. The zero-order valence-electron chi connectivity index (χ0n) is 13.4. The summed E-state index contributed by atoms with van der Waals surface area (Å²) < 4.78 is 46.2. The van der Waals surface area contributed by atoms with Gasteiger partial charge in [0.1, 0.15) is 5.82 Å². The Morgan fingerprint density at radius 1 is 1.04 bits per heavy atom. The van der Waals surface area contributed by atoms with Gasteiger partial charge in [0, 0.05) is 11.5 Å². The molecule has 24 heavy (non-hydrogen) atoms. The number of halogens is 3. The molecule has 2 atom stereocenters. The van der Waals surface area contributed by atoms with Crippen LogP contribution < -0.4 is 0 Å². The number of aryl methyl sites for hydroxylation is 1. The molecule has 0 bridgehead atoms. The monoisotopic (exact) mass is 332 g/mol. The molecule has 0 amide bonds. The molecule has 0 aliphatic carbocycles. The van der Waals surface area contributed by atoms with Gasteiger partial charge >= 0.3 is 0 Å². The average molecular weight is 332 g/mol. The average Bonchev–Trinajstić information content (AvgIpc) is 2.59. The molecule has 1 aliphatic rings. The lowest BCUT2D eigenvalue weighted by Gasteiger charge is -2.27. The summed E-state index contributed by atoms with van der Waals surface area (Å²) in [6.45, 7) is 2.23. The van der Waals surface area contributed by atoms with Crippen LogP contribution in [0.15, 0.2) is 42.5 Å². The van der Waals surface area contributed by atoms with E-state index in [4.69, 9.17) is 4.74 Å². The molecular formula is C20H19F3O. The van der Waals surface area contributed by atoms with Crippen LogP contribution in [0.5, 0.6) is 0 Å². The van der Waals surface area contributed by atoms with E-state index in [1.54, 1.807) is 31.2 Å². The Bertz CT molecular complexity index is 747. The number of rotatable bonds is 3. The molecule has 0 saturated carbocycles. The lowest BCUT2D eigenvalue weighted by Crippen LogP contribution is -2.23. The second-order valence-corrected chi connectivity index (χ2v) is 6.16. The lowest BCUT2D eigenvalue weighted by molar-refractivity contribution is 0.0331. The van der Waals surface area contributed by atoms with Crippen LogP contribution in [0.3, 0.4) is 0 Å². The summed E-state index contributed by atoms with van der Waals surface area (Å²) in [5.41, 5.74) is 1.78. The fourth-order valence-corrected chi connectivity index (χ4v) is 2.91. The molecule has 0 aromatic heterocycles. The third-order valence-electron chi connectivity index (χ3n) is 4.45. The van der Waals surface area contributed by atoms with E-state index >= 15 is 0 Å². The normalized spacial score (nSPS) is 21.3. The first-order chi connectivity index (χ1) is 11.5. The van der Waals surface area contributed by atoms with Gasteiger partial charge in [-0.2, -0.15) is 0 Å². The molecule has 0 spiro atoms. The standard InChI is InChI=1S/C20H19F3O/c1-13-5-6-15(11-19(13)22)16-8-10-17(24-12-16)9-7-14-3-2-4-18(21)20(14)23/h2-7,9,11,16-17H,8,10,12H2,1H3/b9-7+. The van der Waals surface area contributed by atoms with Crippen molar-refractivity contribution >= 4 is 6.08 Å². The number of hydrogen-bond acceptors (Lipinski definition) is 1. The van der Waals surface area contributed by atoms with Crippen molar-refractivity contribution < 1.29 is 17.9 Å². The van der Waals surface area contributed by atoms with Crippen molar-refractivity contribution in [2.75, 3.05) is 6.61 Å². The summed E-state index contributed by atoms with van der Waals surface area (Å²) >= 11 is 0.